The average Bonchev–Trinajstić information content (AvgIpc) is 3.17. The molecular formula is C22H26ClN3O4S2. The number of benzene rings is 2. The zero-order valence-corrected chi connectivity index (χ0v) is 20.9. The van der Waals surface area contributed by atoms with Crippen molar-refractivity contribution in [2.45, 2.75) is 18.2 Å². The quantitative estimate of drug-likeness (QED) is 0.446. The number of hydrogen-bond acceptors (Lipinski definition) is 7. The fraction of sp³-hybridized carbons (Fsp3) is 0.364. The molecule has 0 N–H and O–H groups in total. The lowest BCUT2D eigenvalue weighted by atomic mass is 10.2. The number of sulfone groups is 1. The normalized spacial score (nSPS) is 11.8. The van der Waals surface area contributed by atoms with E-state index in [2.05, 4.69) is 4.98 Å². The Balaban J connectivity index is 1.95. The SMILES string of the molecule is COc1ccc(C)c2sc(N(CCCN(C)C)C(=O)CS(=O)(=O)c3ccc(Cl)cc3)nc12. The minimum atomic E-state index is -3.83. The molecule has 0 atom stereocenters. The van der Waals surface area contributed by atoms with E-state index in [-0.39, 0.29) is 4.90 Å². The molecule has 0 radical (unpaired) electrons. The van der Waals surface area contributed by atoms with Gasteiger partial charge in [-0.3, -0.25) is 9.69 Å². The molecule has 1 aromatic heterocycles. The van der Waals surface area contributed by atoms with Crippen LogP contribution in [-0.4, -0.2) is 64.3 Å². The topological polar surface area (TPSA) is 79.8 Å². The minimum absolute atomic E-state index is 0.0605. The van der Waals surface area contributed by atoms with Gasteiger partial charge in [0.25, 0.3) is 0 Å². The number of rotatable bonds is 9. The molecule has 0 saturated carbocycles. The number of amides is 1. The van der Waals surface area contributed by atoms with E-state index in [1.54, 1.807) is 7.11 Å². The van der Waals surface area contributed by atoms with Gasteiger partial charge in [0, 0.05) is 11.6 Å². The van der Waals surface area contributed by atoms with Crippen molar-refractivity contribution in [2.75, 3.05) is 44.9 Å². The highest BCUT2D eigenvalue weighted by Gasteiger charge is 2.27. The molecule has 1 heterocycles. The average molecular weight is 496 g/mol. The second-order valence-electron chi connectivity index (χ2n) is 7.67. The number of thiazole rings is 1. The Morgan fingerprint density at radius 2 is 1.81 bits per heavy atom. The summed E-state index contributed by atoms with van der Waals surface area (Å²) in [4.78, 5) is 21.4. The highest BCUT2D eigenvalue weighted by atomic mass is 35.5. The molecule has 0 aliphatic heterocycles. The molecule has 0 saturated heterocycles. The van der Waals surface area contributed by atoms with E-state index in [1.807, 2.05) is 38.1 Å². The van der Waals surface area contributed by atoms with E-state index in [0.717, 1.165) is 16.8 Å². The molecule has 3 aromatic rings. The number of carbonyl (C=O) groups is 1. The summed E-state index contributed by atoms with van der Waals surface area (Å²) in [5.41, 5.74) is 1.68. The number of hydrogen-bond donors (Lipinski definition) is 0. The van der Waals surface area contributed by atoms with Crippen LogP contribution in [-0.2, 0) is 14.6 Å². The number of ether oxygens (including phenoxy) is 1. The molecule has 0 fully saturated rings. The summed E-state index contributed by atoms with van der Waals surface area (Å²) >= 11 is 7.23. The van der Waals surface area contributed by atoms with Crippen LogP contribution in [0.2, 0.25) is 5.02 Å². The molecule has 3 rings (SSSR count). The monoisotopic (exact) mass is 495 g/mol. The van der Waals surface area contributed by atoms with Crippen molar-refractivity contribution in [1.82, 2.24) is 9.88 Å². The Bertz CT molecular complexity index is 1210. The number of carbonyl (C=O) groups excluding carboxylic acids is 1. The zero-order chi connectivity index (χ0) is 23.5. The van der Waals surface area contributed by atoms with Crippen LogP contribution >= 0.6 is 22.9 Å². The van der Waals surface area contributed by atoms with Crippen LogP contribution in [0.1, 0.15) is 12.0 Å². The van der Waals surface area contributed by atoms with Crippen molar-refractivity contribution in [3.05, 3.63) is 47.0 Å². The Morgan fingerprint density at radius 1 is 1.12 bits per heavy atom. The second kappa shape index (κ2) is 10.2. The van der Waals surface area contributed by atoms with Crippen LogP contribution < -0.4 is 9.64 Å². The fourth-order valence-corrected chi connectivity index (χ4v) is 5.64. The van der Waals surface area contributed by atoms with E-state index < -0.39 is 21.5 Å². The lowest BCUT2D eigenvalue weighted by Gasteiger charge is -2.21. The minimum Gasteiger partial charge on any atom is -0.494 e. The zero-order valence-electron chi connectivity index (χ0n) is 18.5. The first-order valence-electron chi connectivity index (χ1n) is 10.00. The van der Waals surface area contributed by atoms with Crippen LogP contribution in [0.5, 0.6) is 5.75 Å². The van der Waals surface area contributed by atoms with E-state index >= 15 is 0 Å². The number of aryl methyl sites for hydroxylation is 1. The number of halogens is 1. The number of anilines is 1. The molecule has 10 heteroatoms. The van der Waals surface area contributed by atoms with Gasteiger partial charge in [0.1, 0.15) is 17.0 Å². The third-order valence-corrected chi connectivity index (χ3v) is 8.00. The van der Waals surface area contributed by atoms with Crippen LogP contribution in [0.4, 0.5) is 5.13 Å². The summed E-state index contributed by atoms with van der Waals surface area (Å²) in [5.74, 6) is -0.556. The van der Waals surface area contributed by atoms with Crippen LogP contribution in [0, 0.1) is 6.92 Å². The molecule has 172 valence electrons. The Hall–Kier alpha value is -2.20. The molecule has 0 aliphatic carbocycles. The summed E-state index contributed by atoms with van der Waals surface area (Å²) in [7, 11) is 1.64. The summed E-state index contributed by atoms with van der Waals surface area (Å²) in [6, 6.07) is 9.59. The molecule has 0 unspecified atom stereocenters. The van der Waals surface area contributed by atoms with Crippen molar-refractivity contribution >= 4 is 54.0 Å². The maximum atomic E-state index is 13.2. The van der Waals surface area contributed by atoms with Crippen molar-refractivity contribution in [3.8, 4) is 5.75 Å². The first-order valence-corrected chi connectivity index (χ1v) is 12.8. The Morgan fingerprint density at radius 3 is 2.44 bits per heavy atom. The number of methoxy groups -OCH3 is 1. The van der Waals surface area contributed by atoms with Gasteiger partial charge in [0.15, 0.2) is 15.0 Å². The van der Waals surface area contributed by atoms with E-state index in [9.17, 15) is 13.2 Å². The number of aromatic nitrogens is 1. The van der Waals surface area contributed by atoms with Crippen LogP contribution in [0.25, 0.3) is 10.2 Å². The maximum Gasteiger partial charge on any atom is 0.244 e. The highest BCUT2D eigenvalue weighted by molar-refractivity contribution is 7.92. The molecule has 0 spiro atoms. The lowest BCUT2D eigenvalue weighted by molar-refractivity contribution is -0.116. The molecule has 0 bridgehead atoms. The van der Waals surface area contributed by atoms with E-state index in [1.165, 1.54) is 40.5 Å². The lowest BCUT2D eigenvalue weighted by Crippen LogP contribution is -2.37. The van der Waals surface area contributed by atoms with Crippen molar-refractivity contribution in [2.24, 2.45) is 0 Å². The second-order valence-corrected chi connectivity index (χ2v) is 11.1. The van der Waals surface area contributed by atoms with Gasteiger partial charge < -0.3 is 9.64 Å². The predicted molar refractivity (Wildman–Crippen MR) is 130 cm³/mol. The number of fused-ring (bicyclic) bond motifs is 1. The first-order chi connectivity index (χ1) is 15.1. The largest absolute Gasteiger partial charge is 0.494 e. The van der Waals surface area contributed by atoms with Crippen molar-refractivity contribution in [3.63, 3.8) is 0 Å². The third-order valence-electron chi connectivity index (χ3n) is 4.92. The summed E-state index contributed by atoms with van der Waals surface area (Å²) in [5, 5.41) is 0.891. The van der Waals surface area contributed by atoms with Gasteiger partial charge >= 0.3 is 0 Å². The molecule has 2 aromatic carbocycles. The number of nitrogens with zero attached hydrogens (tertiary/aromatic N) is 3. The fourth-order valence-electron chi connectivity index (χ4n) is 3.22. The predicted octanol–water partition coefficient (Wildman–Crippen LogP) is 4.03. The summed E-state index contributed by atoms with van der Waals surface area (Å²) in [6.45, 7) is 3.07. The van der Waals surface area contributed by atoms with Gasteiger partial charge in [-0.1, -0.05) is 29.0 Å². The first kappa shape index (κ1) is 24.4. The molecular weight excluding hydrogens is 470 g/mol. The molecule has 0 aliphatic rings. The smallest absolute Gasteiger partial charge is 0.244 e. The standard InChI is InChI=1S/C22H26ClN3O4S2/c1-15-6-11-18(30-4)20-21(15)31-22(24-20)26(13-5-12-25(2)3)19(27)14-32(28,29)17-9-7-16(23)8-10-17/h6-11H,5,12-14H2,1-4H3. The summed E-state index contributed by atoms with van der Waals surface area (Å²) in [6.07, 6.45) is 0.672. The van der Waals surface area contributed by atoms with Gasteiger partial charge in [-0.25, -0.2) is 13.4 Å². The van der Waals surface area contributed by atoms with Gasteiger partial charge in [-0.15, -0.1) is 0 Å². The van der Waals surface area contributed by atoms with Crippen molar-refractivity contribution in [1.29, 1.82) is 0 Å². The van der Waals surface area contributed by atoms with Gasteiger partial charge in [0.2, 0.25) is 5.91 Å². The van der Waals surface area contributed by atoms with Gasteiger partial charge in [-0.05, 0) is 69.9 Å². The van der Waals surface area contributed by atoms with Gasteiger partial charge in [0.05, 0.1) is 16.7 Å². The van der Waals surface area contributed by atoms with Gasteiger partial charge in [-0.2, -0.15) is 0 Å². The Labute approximate surface area is 197 Å². The molecule has 1 amide bonds. The van der Waals surface area contributed by atoms with Crippen molar-refractivity contribution < 1.29 is 17.9 Å². The highest BCUT2D eigenvalue weighted by Crippen LogP contribution is 2.36. The summed E-state index contributed by atoms with van der Waals surface area (Å²) < 4.78 is 32.1. The third kappa shape index (κ3) is 5.58. The molecule has 7 nitrogen and oxygen atoms in total. The molecule has 32 heavy (non-hydrogen) atoms. The van der Waals surface area contributed by atoms with E-state index in [0.29, 0.717) is 34.4 Å². The Kier molecular flexibility index (Phi) is 7.76. The maximum absolute atomic E-state index is 13.2. The van der Waals surface area contributed by atoms with Crippen LogP contribution in [0.3, 0.4) is 0 Å². The van der Waals surface area contributed by atoms with E-state index in [4.69, 9.17) is 16.3 Å². The van der Waals surface area contributed by atoms with Crippen LogP contribution in [0.15, 0.2) is 41.3 Å².